The molecule has 0 N–H and O–H groups in total. The summed E-state index contributed by atoms with van der Waals surface area (Å²) in [6.07, 6.45) is 43.8. The first-order valence-corrected chi connectivity index (χ1v) is 22.7. The van der Waals surface area contributed by atoms with E-state index in [0.29, 0.717) is 19.3 Å². The van der Waals surface area contributed by atoms with Gasteiger partial charge in [-0.05, 0) is 38.5 Å². The molecule has 6 heteroatoms. The van der Waals surface area contributed by atoms with E-state index in [1.165, 1.54) is 122 Å². The topological polar surface area (TPSA) is 78.9 Å². The van der Waals surface area contributed by atoms with Crippen LogP contribution < -0.4 is 0 Å². The van der Waals surface area contributed by atoms with Gasteiger partial charge in [-0.1, -0.05) is 200 Å². The summed E-state index contributed by atoms with van der Waals surface area (Å²) in [6, 6.07) is 0. The molecule has 52 heavy (non-hydrogen) atoms. The fraction of sp³-hybridized carbons (Fsp3) is 0.891. The molecule has 0 aliphatic rings. The maximum Gasteiger partial charge on any atom is 0.306 e. The number of ether oxygens (including phenoxy) is 3. The van der Waals surface area contributed by atoms with Gasteiger partial charge in [0.25, 0.3) is 0 Å². The van der Waals surface area contributed by atoms with Crippen molar-refractivity contribution in [2.75, 3.05) is 13.2 Å². The molecule has 0 rings (SSSR count). The van der Waals surface area contributed by atoms with E-state index in [9.17, 15) is 14.4 Å². The summed E-state index contributed by atoms with van der Waals surface area (Å²) in [5, 5.41) is 0. The van der Waals surface area contributed by atoms with Gasteiger partial charge in [0.1, 0.15) is 13.2 Å². The zero-order valence-corrected chi connectivity index (χ0v) is 34.8. The van der Waals surface area contributed by atoms with Crippen LogP contribution in [0.1, 0.15) is 245 Å². The predicted molar refractivity (Wildman–Crippen MR) is 220 cm³/mol. The fourth-order valence-corrected chi connectivity index (χ4v) is 6.56. The van der Waals surface area contributed by atoms with Crippen LogP contribution in [-0.2, 0) is 28.6 Å². The number of carbonyl (C=O) groups excluding carboxylic acids is 3. The molecule has 0 amide bonds. The number of hydrogen-bond donors (Lipinski definition) is 0. The summed E-state index contributed by atoms with van der Waals surface area (Å²) in [6.45, 7) is 6.50. The van der Waals surface area contributed by atoms with Crippen LogP contribution in [0.3, 0.4) is 0 Å². The van der Waals surface area contributed by atoms with E-state index in [2.05, 4.69) is 32.9 Å². The van der Waals surface area contributed by atoms with Crippen LogP contribution in [0.15, 0.2) is 12.2 Å². The Hall–Kier alpha value is -1.85. The number of esters is 3. The lowest BCUT2D eigenvalue weighted by Gasteiger charge is -2.18. The summed E-state index contributed by atoms with van der Waals surface area (Å²) in [7, 11) is 0. The van der Waals surface area contributed by atoms with E-state index in [1.54, 1.807) is 0 Å². The van der Waals surface area contributed by atoms with Crippen molar-refractivity contribution in [3.05, 3.63) is 12.2 Å². The van der Waals surface area contributed by atoms with Gasteiger partial charge >= 0.3 is 17.9 Å². The average molecular weight is 735 g/mol. The standard InChI is InChI=1S/C46H86O6/c1-4-7-10-13-15-17-19-20-21-22-23-24-25-26-27-29-30-33-36-39-45(48)51-42-43(41-50-44(47)38-35-32-12-9-6-3)52-46(49)40-37-34-31-28-18-16-14-11-8-5-2/h11,14,43H,4-10,12-13,15-42H2,1-3H3/b14-11-. The van der Waals surface area contributed by atoms with Gasteiger partial charge in [0.2, 0.25) is 0 Å². The van der Waals surface area contributed by atoms with Gasteiger partial charge in [-0.3, -0.25) is 14.4 Å². The van der Waals surface area contributed by atoms with Crippen LogP contribution in [-0.4, -0.2) is 37.2 Å². The van der Waals surface area contributed by atoms with E-state index in [-0.39, 0.29) is 31.1 Å². The second-order valence-electron chi connectivity index (χ2n) is 15.3. The first kappa shape index (κ1) is 50.1. The molecule has 6 nitrogen and oxygen atoms in total. The molecule has 0 aliphatic carbocycles. The molecule has 0 bridgehead atoms. The van der Waals surface area contributed by atoms with E-state index in [1.807, 2.05) is 0 Å². The lowest BCUT2D eigenvalue weighted by molar-refractivity contribution is -0.167. The SMILES string of the molecule is CCC/C=C\CCCCCCCC(=O)OC(COC(=O)CCCCCCC)COC(=O)CCCCCCCCCCCCCCCCCCCCC. The maximum absolute atomic E-state index is 12.6. The molecular weight excluding hydrogens is 649 g/mol. The molecule has 0 aromatic carbocycles. The first-order valence-electron chi connectivity index (χ1n) is 22.7. The van der Waals surface area contributed by atoms with Crippen molar-refractivity contribution in [2.24, 2.45) is 0 Å². The molecule has 0 aromatic heterocycles. The molecule has 0 spiro atoms. The third kappa shape index (κ3) is 39.4. The highest BCUT2D eigenvalue weighted by atomic mass is 16.6. The number of carbonyl (C=O) groups is 3. The summed E-state index contributed by atoms with van der Waals surface area (Å²) in [4.78, 5) is 37.4. The Labute approximate surface area is 322 Å². The zero-order chi connectivity index (χ0) is 38.0. The number of hydrogen-bond acceptors (Lipinski definition) is 6. The molecule has 306 valence electrons. The quantitative estimate of drug-likeness (QED) is 0.0269. The van der Waals surface area contributed by atoms with Gasteiger partial charge in [-0.25, -0.2) is 0 Å². The maximum atomic E-state index is 12.6. The molecule has 1 atom stereocenters. The minimum Gasteiger partial charge on any atom is -0.462 e. The van der Waals surface area contributed by atoms with Crippen molar-refractivity contribution < 1.29 is 28.6 Å². The van der Waals surface area contributed by atoms with E-state index >= 15 is 0 Å². The van der Waals surface area contributed by atoms with Gasteiger partial charge in [-0.15, -0.1) is 0 Å². The number of rotatable bonds is 41. The molecule has 1 unspecified atom stereocenters. The highest BCUT2D eigenvalue weighted by molar-refractivity contribution is 5.71. The van der Waals surface area contributed by atoms with E-state index in [0.717, 1.165) is 83.5 Å². The molecular formula is C46H86O6. The van der Waals surface area contributed by atoms with Gasteiger partial charge in [0, 0.05) is 19.3 Å². The normalized spacial score (nSPS) is 12.0. The van der Waals surface area contributed by atoms with Crippen molar-refractivity contribution in [3.63, 3.8) is 0 Å². The summed E-state index contributed by atoms with van der Waals surface area (Å²) in [5.41, 5.74) is 0. The van der Waals surface area contributed by atoms with Crippen LogP contribution in [0.4, 0.5) is 0 Å². The second-order valence-corrected chi connectivity index (χ2v) is 15.3. The molecule has 0 aromatic rings. The Kier molecular flexibility index (Phi) is 40.4. The highest BCUT2D eigenvalue weighted by Gasteiger charge is 2.19. The minimum atomic E-state index is -0.763. The van der Waals surface area contributed by atoms with Crippen molar-refractivity contribution in [2.45, 2.75) is 252 Å². The van der Waals surface area contributed by atoms with Crippen molar-refractivity contribution in [1.29, 1.82) is 0 Å². The Morgan fingerprint density at radius 3 is 1.04 bits per heavy atom. The Bertz CT molecular complexity index is 809. The largest absolute Gasteiger partial charge is 0.462 e. The smallest absolute Gasteiger partial charge is 0.306 e. The highest BCUT2D eigenvalue weighted by Crippen LogP contribution is 2.16. The van der Waals surface area contributed by atoms with Crippen LogP contribution in [0.5, 0.6) is 0 Å². The van der Waals surface area contributed by atoms with Crippen molar-refractivity contribution >= 4 is 17.9 Å². The third-order valence-electron chi connectivity index (χ3n) is 10.0. The summed E-state index contributed by atoms with van der Waals surface area (Å²) >= 11 is 0. The number of unbranched alkanes of at least 4 members (excludes halogenated alkanes) is 28. The van der Waals surface area contributed by atoms with Crippen LogP contribution >= 0.6 is 0 Å². The summed E-state index contributed by atoms with van der Waals surface area (Å²) < 4.78 is 16.6. The molecule has 0 heterocycles. The van der Waals surface area contributed by atoms with E-state index < -0.39 is 6.10 Å². The summed E-state index contributed by atoms with van der Waals surface area (Å²) in [5.74, 6) is -0.889. The Morgan fingerprint density at radius 1 is 0.365 bits per heavy atom. The first-order chi connectivity index (χ1) is 25.5. The van der Waals surface area contributed by atoms with Gasteiger partial charge in [0.15, 0.2) is 6.10 Å². The van der Waals surface area contributed by atoms with Crippen molar-refractivity contribution in [3.8, 4) is 0 Å². The molecule has 0 radical (unpaired) electrons. The Balaban J connectivity index is 4.09. The lowest BCUT2D eigenvalue weighted by atomic mass is 10.0. The molecule has 0 saturated carbocycles. The minimum absolute atomic E-state index is 0.0704. The zero-order valence-electron chi connectivity index (χ0n) is 34.8. The molecule has 0 aliphatic heterocycles. The van der Waals surface area contributed by atoms with Crippen LogP contribution in [0.2, 0.25) is 0 Å². The predicted octanol–water partition coefficient (Wildman–Crippen LogP) is 14.3. The monoisotopic (exact) mass is 735 g/mol. The Morgan fingerprint density at radius 2 is 0.673 bits per heavy atom. The van der Waals surface area contributed by atoms with Crippen molar-refractivity contribution in [1.82, 2.24) is 0 Å². The van der Waals surface area contributed by atoms with Gasteiger partial charge < -0.3 is 14.2 Å². The number of allylic oxidation sites excluding steroid dienone is 2. The lowest BCUT2D eigenvalue weighted by Crippen LogP contribution is -2.30. The molecule has 0 fully saturated rings. The van der Waals surface area contributed by atoms with E-state index in [4.69, 9.17) is 14.2 Å². The second kappa shape index (κ2) is 41.9. The van der Waals surface area contributed by atoms with Crippen LogP contribution in [0.25, 0.3) is 0 Å². The fourth-order valence-electron chi connectivity index (χ4n) is 6.56. The molecule has 0 saturated heterocycles. The van der Waals surface area contributed by atoms with Gasteiger partial charge in [0.05, 0.1) is 0 Å². The third-order valence-corrected chi connectivity index (χ3v) is 10.0. The average Bonchev–Trinajstić information content (AvgIpc) is 3.14. The van der Waals surface area contributed by atoms with Crippen LogP contribution in [0, 0.1) is 0 Å². The van der Waals surface area contributed by atoms with Gasteiger partial charge in [-0.2, -0.15) is 0 Å².